The highest BCUT2D eigenvalue weighted by atomic mass is 35.5. The SMILES string of the molecule is CCC.CS(=O)Nc1ccc(C(=O)Nc2ccc(Cl)c(-c3nccc4ccccc34)c2)cc1. The minimum atomic E-state index is -1.17. The van der Waals surface area contributed by atoms with Crippen LogP contribution in [0.15, 0.2) is 79.0 Å². The molecule has 1 amide bonds. The largest absolute Gasteiger partial charge is 0.322 e. The zero-order chi connectivity index (χ0) is 23.8. The Hall–Kier alpha value is -3.22. The molecule has 0 aliphatic heterocycles. The first-order valence-electron chi connectivity index (χ1n) is 10.6. The molecular weight excluding hydrogens is 454 g/mol. The number of nitrogens with one attached hydrogen (secondary N) is 2. The predicted molar refractivity (Wildman–Crippen MR) is 140 cm³/mol. The van der Waals surface area contributed by atoms with Crippen LogP contribution >= 0.6 is 11.6 Å². The zero-order valence-corrected chi connectivity index (χ0v) is 20.3. The van der Waals surface area contributed by atoms with Crippen LogP contribution in [-0.2, 0) is 11.0 Å². The van der Waals surface area contributed by atoms with Crippen molar-refractivity contribution in [3.8, 4) is 11.3 Å². The first-order chi connectivity index (χ1) is 15.9. The van der Waals surface area contributed by atoms with Crippen LogP contribution in [0.5, 0.6) is 0 Å². The summed E-state index contributed by atoms with van der Waals surface area (Å²) < 4.78 is 14.0. The number of fused-ring (bicyclic) bond motifs is 1. The van der Waals surface area contributed by atoms with Gasteiger partial charge in [-0.15, -0.1) is 0 Å². The van der Waals surface area contributed by atoms with E-state index in [1.54, 1.807) is 48.9 Å². The maximum absolute atomic E-state index is 12.7. The van der Waals surface area contributed by atoms with Gasteiger partial charge in [-0.05, 0) is 53.9 Å². The fourth-order valence-corrected chi connectivity index (χ4v) is 3.85. The summed E-state index contributed by atoms with van der Waals surface area (Å²) in [6.45, 7) is 4.25. The number of pyridine rings is 1. The van der Waals surface area contributed by atoms with Gasteiger partial charge in [0, 0.05) is 40.3 Å². The Labute approximate surface area is 201 Å². The van der Waals surface area contributed by atoms with E-state index in [1.165, 1.54) is 6.42 Å². The Kier molecular flexibility index (Phi) is 8.58. The summed E-state index contributed by atoms with van der Waals surface area (Å²) in [6.07, 6.45) is 4.54. The second-order valence-corrected chi connectivity index (χ2v) is 8.89. The molecule has 1 atom stereocenters. The van der Waals surface area contributed by atoms with E-state index < -0.39 is 11.0 Å². The smallest absolute Gasteiger partial charge is 0.255 e. The molecule has 0 aliphatic rings. The molecule has 170 valence electrons. The van der Waals surface area contributed by atoms with Gasteiger partial charge in [0.15, 0.2) is 0 Å². The molecule has 4 rings (SSSR count). The zero-order valence-electron chi connectivity index (χ0n) is 18.8. The summed E-state index contributed by atoms with van der Waals surface area (Å²) >= 11 is 6.46. The van der Waals surface area contributed by atoms with Gasteiger partial charge < -0.3 is 10.0 Å². The van der Waals surface area contributed by atoms with Crippen LogP contribution in [0.2, 0.25) is 5.02 Å². The van der Waals surface area contributed by atoms with E-state index in [4.69, 9.17) is 11.6 Å². The van der Waals surface area contributed by atoms with E-state index in [9.17, 15) is 9.00 Å². The van der Waals surface area contributed by atoms with Gasteiger partial charge in [0.05, 0.1) is 10.7 Å². The molecule has 0 aliphatic carbocycles. The molecule has 2 N–H and O–H groups in total. The van der Waals surface area contributed by atoms with Crippen molar-refractivity contribution in [1.82, 2.24) is 4.98 Å². The number of anilines is 2. The molecule has 0 fully saturated rings. The Morgan fingerprint density at radius 3 is 2.33 bits per heavy atom. The minimum Gasteiger partial charge on any atom is -0.322 e. The van der Waals surface area contributed by atoms with Crippen molar-refractivity contribution in [2.75, 3.05) is 16.3 Å². The third-order valence-electron chi connectivity index (χ3n) is 4.56. The van der Waals surface area contributed by atoms with Gasteiger partial charge in [0.25, 0.3) is 5.91 Å². The quantitative estimate of drug-likeness (QED) is 0.326. The Morgan fingerprint density at radius 2 is 1.64 bits per heavy atom. The number of benzene rings is 3. The van der Waals surface area contributed by atoms with Gasteiger partial charge in [0.1, 0.15) is 11.0 Å². The lowest BCUT2D eigenvalue weighted by Crippen LogP contribution is -2.12. The summed E-state index contributed by atoms with van der Waals surface area (Å²) in [6, 6.07) is 22.0. The third kappa shape index (κ3) is 6.40. The summed E-state index contributed by atoms with van der Waals surface area (Å²) in [5.74, 6) is -0.252. The van der Waals surface area contributed by atoms with Crippen molar-refractivity contribution in [3.63, 3.8) is 0 Å². The molecule has 1 aromatic heterocycles. The van der Waals surface area contributed by atoms with Gasteiger partial charge in [0.2, 0.25) is 0 Å². The molecule has 0 radical (unpaired) electrons. The van der Waals surface area contributed by atoms with Crippen LogP contribution < -0.4 is 10.0 Å². The van der Waals surface area contributed by atoms with Crippen molar-refractivity contribution in [1.29, 1.82) is 0 Å². The number of hydrogen-bond acceptors (Lipinski definition) is 3. The highest BCUT2D eigenvalue weighted by molar-refractivity contribution is 7.85. The van der Waals surface area contributed by atoms with Gasteiger partial charge in [-0.3, -0.25) is 9.78 Å². The first-order valence-corrected chi connectivity index (χ1v) is 12.5. The van der Waals surface area contributed by atoms with E-state index in [0.717, 1.165) is 22.0 Å². The van der Waals surface area contributed by atoms with Gasteiger partial charge in [-0.1, -0.05) is 56.1 Å². The molecule has 0 bridgehead atoms. The minimum absolute atomic E-state index is 0.252. The van der Waals surface area contributed by atoms with Crippen LogP contribution in [0.4, 0.5) is 11.4 Å². The Balaban J connectivity index is 0.000000968. The lowest BCUT2D eigenvalue weighted by molar-refractivity contribution is 0.102. The molecule has 0 saturated heterocycles. The first kappa shape index (κ1) is 24.4. The fourth-order valence-electron chi connectivity index (χ4n) is 3.18. The molecule has 33 heavy (non-hydrogen) atoms. The van der Waals surface area contributed by atoms with E-state index in [-0.39, 0.29) is 5.91 Å². The van der Waals surface area contributed by atoms with E-state index in [0.29, 0.717) is 22.0 Å². The van der Waals surface area contributed by atoms with Crippen molar-refractivity contribution in [2.24, 2.45) is 0 Å². The molecule has 3 aromatic carbocycles. The number of halogens is 1. The van der Waals surface area contributed by atoms with Crippen LogP contribution in [0.25, 0.3) is 22.0 Å². The van der Waals surface area contributed by atoms with Crippen molar-refractivity contribution >= 4 is 50.6 Å². The average Bonchev–Trinajstić information content (AvgIpc) is 2.80. The fraction of sp³-hybridized carbons (Fsp3) is 0.154. The summed E-state index contributed by atoms with van der Waals surface area (Å²) in [7, 11) is -1.17. The second-order valence-electron chi connectivity index (χ2n) is 7.37. The molecule has 1 unspecified atom stereocenters. The monoisotopic (exact) mass is 479 g/mol. The number of aromatic nitrogens is 1. The van der Waals surface area contributed by atoms with Crippen LogP contribution in [0.3, 0.4) is 0 Å². The van der Waals surface area contributed by atoms with Gasteiger partial charge in [-0.2, -0.15) is 0 Å². The maximum atomic E-state index is 12.7. The number of nitrogens with zero attached hydrogens (tertiary/aromatic N) is 1. The Bertz CT molecular complexity index is 1270. The lowest BCUT2D eigenvalue weighted by atomic mass is 10.0. The number of carbonyl (C=O) groups excluding carboxylic acids is 1. The molecule has 7 heteroatoms. The molecule has 4 aromatic rings. The topological polar surface area (TPSA) is 71.1 Å². The lowest BCUT2D eigenvalue weighted by Gasteiger charge is -2.11. The Morgan fingerprint density at radius 1 is 0.970 bits per heavy atom. The molecule has 0 spiro atoms. The predicted octanol–water partition coefficient (Wildman–Crippen LogP) is 6.93. The van der Waals surface area contributed by atoms with Gasteiger partial charge in [-0.25, -0.2) is 4.21 Å². The van der Waals surface area contributed by atoms with E-state index >= 15 is 0 Å². The van der Waals surface area contributed by atoms with E-state index in [2.05, 4.69) is 28.9 Å². The van der Waals surface area contributed by atoms with Crippen LogP contribution in [0.1, 0.15) is 30.6 Å². The number of carbonyl (C=O) groups is 1. The highest BCUT2D eigenvalue weighted by Gasteiger charge is 2.12. The van der Waals surface area contributed by atoms with Crippen LogP contribution in [-0.4, -0.2) is 21.4 Å². The summed E-state index contributed by atoms with van der Waals surface area (Å²) in [5.41, 5.74) is 3.30. The third-order valence-corrected chi connectivity index (χ3v) is 5.41. The molecule has 1 heterocycles. The number of hydrogen-bond donors (Lipinski definition) is 2. The summed E-state index contributed by atoms with van der Waals surface area (Å²) in [5, 5.41) is 5.51. The van der Waals surface area contributed by atoms with Crippen LogP contribution in [0, 0.1) is 0 Å². The number of rotatable bonds is 5. The molecule has 5 nitrogen and oxygen atoms in total. The van der Waals surface area contributed by atoms with Crippen molar-refractivity contribution in [2.45, 2.75) is 20.3 Å². The van der Waals surface area contributed by atoms with E-state index in [1.807, 2.05) is 36.4 Å². The normalized spacial score (nSPS) is 11.3. The molecule has 0 saturated carbocycles. The maximum Gasteiger partial charge on any atom is 0.255 e. The second kappa shape index (κ2) is 11.6. The summed E-state index contributed by atoms with van der Waals surface area (Å²) in [4.78, 5) is 17.2. The van der Waals surface area contributed by atoms with Gasteiger partial charge >= 0.3 is 0 Å². The molecular formula is C26H26ClN3O2S. The van der Waals surface area contributed by atoms with Crippen molar-refractivity contribution < 1.29 is 9.00 Å². The highest BCUT2D eigenvalue weighted by Crippen LogP contribution is 2.33. The van der Waals surface area contributed by atoms with Crippen molar-refractivity contribution in [3.05, 3.63) is 89.6 Å². The average molecular weight is 480 g/mol. The number of amides is 1. The standard InChI is InChI=1S/C23H18ClN3O2S.C3H8/c1-30(29)27-17-8-6-16(7-9-17)23(28)26-18-10-11-21(24)20(14-18)22-19-5-3-2-4-15(19)12-13-25-22;1-3-2/h2-14,27H,1H3,(H,26,28);3H2,1-2H3.